The molecule has 0 saturated carbocycles. The van der Waals surface area contributed by atoms with E-state index in [2.05, 4.69) is 14.9 Å². The number of phenolic OH excluding ortho intramolecular Hbond substituents is 1. The highest BCUT2D eigenvalue weighted by Crippen LogP contribution is 2.24. The van der Waals surface area contributed by atoms with Gasteiger partial charge in [0.15, 0.2) is 0 Å². The van der Waals surface area contributed by atoms with E-state index in [-0.39, 0.29) is 11.3 Å². The van der Waals surface area contributed by atoms with Gasteiger partial charge >= 0.3 is 0 Å². The molecule has 0 fully saturated rings. The molecule has 0 spiro atoms. The standard InChI is InChI=1S/C21H20ClN3O2/c1-13-2-7-19(26)15(10-13)11-25-9-8-18-17(12-25)21(27)24-20(23-18)14-3-5-16(22)6-4-14/h2-7,10,26H,8-9,11-12H2,1H3,(H,23,24,27). The van der Waals surface area contributed by atoms with E-state index in [9.17, 15) is 9.90 Å². The molecule has 2 N–H and O–H groups in total. The fourth-order valence-electron chi connectivity index (χ4n) is 3.44. The van der Waals surface area contributed by atoms with Crippen LogP contribution in [0, 0.1) is 6.92 Å². The Labute approximate surface area is 162 Å². The van der Waals surface area contributed by atoms with Gasteiger partial charge in [0.05, 0.1) is 11.3 Å². The lowest BCUT2D eigenvalue weighted by Gasteiger charge is -2.28. The molecule has 1 aliphatic heterocycles. The first-order valence-electron chi connectivity index (χ1n) is 8.88. The average Bonchev–Trinajstić information content (AvgIpc) is 2.65. The summed E-state index contributed by atoms with van der Waals surface area (Å²) >= 11 is 5.93. The van der Waals surface area contributed by atoms with Crippen molar-refractivity contribution in [2.45, 2.75) is 26.4 Å². The van der Waals surface area contributed by atoms with Crippen LogP contribution in [0.25, 0.3) is 11.4 Å². The molecule has 0 radical (unpaired) electrons. The number of halogens is 1. The summed E-state index contributed by atoms with van der Waals surface area (Å²) in [5.41, 5.74) is 4.25. The summed E-state index contributed by atoms with van der Waals surface area (Å²) < 4.78 is 0. The molecule has 0 atom stereocenters. The number of aromatic amines is 1. The van der Waals surface area contributed by atoms with Gasteiger partial charge in [-0.25, -0.2) is 4.98 Å². The maximum atomic E-state index is 12.6. The smallest absolute Gasteiger partial charge is 0.255 e. The molecule has 5 nitrogen and oxygen atoms in total. The van der Waals surface area contributed by atoms with Crippen molar-refractivity contribution in [2.75, 3.05) is 6.54 Å². The highest BCUT2D eigenvalue weighted by Gasteiger charge is 2.22. The van der Waals surface area contributed by atoms with Crippen LogP contribution in [0.1, 0.15) is 22.4 Å². The molecule has 6 heteroatoms. The third-order valence-corrected chi connectivity index (χ3v) is 5.15. The second-order valence-corrected chi connectivity index (χ2v) is 7.38. The lowest BCUT2D eigenvalue weighted by atomic mass is 10.0. The van der Waals surface area contributed by atoms with Crippen molar-refractivity contribution >= 4 is 11.6 Å². The van der Waals surface area contributed by atoms with E-state index < -0.39 is 0 Å². The third kappa shape index (κ3) is 3.75. The number of aromatic nitrogens is 2. The minimum Gasteiger partial charge on any atom is -0.508 e. The van der Waals surface area contributed by atoms with Gasteiger partial charge in [0.2, 0.25) is 0 Å². The summed E-state index contributed by atoms with van der Waals surface area (Å²) in [5.74, 6) is 0.858. The first-order valence-corrected chi connectivity index (χ1v) is 9.26. The van der Waals surface area contributed by atoms with Crippen molar-refractivity contribution < 1.29 is 5.11 Å². The first-order chi connectivity index (χ1) is 13.0. The van der Waals surface area contributed by atoms with Gasteiger partial charge in [-0.3, -0.25) is 9.69 Å². The number of benzene rings is 2. The van der Waals surface area contributed by atoms with Crippen molar-refractivity contribution in [3.05, 3.63) is 80.2 Å². The number of rotatable bonds is 3. The molecule has 2 aromatic carbocycles. The number of nitrogens with zero attached hydrogens (tertiary/aromatic N) is 2. The Morgan fingerprint density at radius 3 is 2.78 bits per heavy atom. The number of aromatic hydroxyl groups is 1. The Bertz CT molecular complexity index is 1040. The number of aryl methyl sites for hydroxylation is 1. The Hall–Kier alpha value is -2.63. The van der Waals surface area contributed by atoms with Gasteiger partial charge in [0.25, 0.3) is 5.56 Å². The van der Waals surface area contributed by atoms with Crippen LogP contribution in [0.5, 0.6) is 5.75 Å². The zero-order chi connectivity index (χ0) is 19.0. The number of nitrogens with one attached hydrogen (secondary N) is 1. The number of H-pyrrole nitrogens is 1. The van der Waals surface area contributed by atoms with Crippen LogP contribution >= 0.6 is 11.6 Å². The molecule has 1 aliphatic rings. The van der Waals surface area contributed by atoms with Crippen molar-refractivity contribution in [3.8, 4) is 17.1 Å². The van der Waals surface area contributed by atoms with Crippen LogP contribution in [0.2, 0.25) is 5.02 Å². The van der Waals surface area contributed by atoms with Crippen molar-refractivity contribution in [3.63, 3.8) is 0 Å². The van der Waals surface area contributed by atoms with Crippen molar-refractivity contribution in [1.29, 1.82) is 0 Å². The van der Waals surface area contributed by atoms with E-state index >= 15 is 0 Å². The maximum Gasteiger partial charge on any atom is 0.255 e. The molecule has 3 aromatic rings. The summed E-state index contributed by atoms with van der Waals surface area (Å²) in [6.07, 6.45) is 0.701. The number of hydrogen-bond donors (Lipinski definition) is 2. The number of fused-ring (bicyclic) bond motifs is 1. The van der Waals surface area contributed by atoms with Gasteiger partial charge in [-0.15, -0.1) is 0 Å². The lowest BCUT2D eigenvalue weighted by Crippen LogP contribution is -2.35. The van der Waals surface area contributed by atoms with E-state index in [4.69, 9.17) is 11.6 Å². The Balaban J connectivity index is 1.59. The Morgan fingerprint density at radius 1 is 1.22 bits per heavy atom. The van der Waals surface area contributed by atoms with Gasteiger partial charge in [-0.2, -0.15) is 0 Å². The van der Waals surface area contributed by atoms with Gasteiger partial charge < -0.3 is 10.1 Å². The molecule has 0 saturated heterocycles. The lowest BCUT2D eigenvalue weighted by molar-refractivity contribution is 0.238. The number of hydrogen-bond acceptors (Lipinski definition) is 4. The zero-order valence-corrected chi connectivity index (χ0v) is 15.8. The van der Waals surface area contributed by atoms with Gasteiger partial charge in [-0.05, 0) is 37.3 Å². The molecule has 1 aromatic heterocycles. The van der Waals surface area contributed by atoms with Crippen LogP contribution < -0.4 is 5.56 Å². The molecule has 2 heterocycles. The fraction of sp³-hybridized carbons (Fsp3) is 0.238. The molecule has 4 rings (SSSR count). The zero-order valence-electron chi connectivity index (χ0n) is 15.0. The minimum absolute atomic E-state index is 0.108. The molecule has 27 heavy (non-hydrogen) atoms. The third-order valence-electron chi connectivity index (χ3n) is 4.89. The fourth-order valence-corrected chi connectivity index (χ4v) is 3.57. The monoisotopic (exact) mass is 381 g/mol. The maximum absolute atomic E-state index is 12.6. The minimum atomic E-state index is -0.108. The van der Waals surface area contributed by atoms with Gasteiger partial charge in [0.1, 0.15) is 11.6 Å². The second-order valence-electron chi connectivity index (χ2n) is 6.94. The van der Waals surface area contributed by atoms with Crippen LogP contribution in [-0.2, 0) is 19.5 Å². The summed E-state index contributed by atoms with van der Waals surface area (Å²) in [5, 5.41) is 10.7. The topological polar surface area (TPSA) is 69.2 Å². The van der Waals surface area contributed by atoms with E-state index in [1.165, 1.54) is 0 Å². The average molecular weight is 382 g/mol. The van der Waals surface area contributed by atoms with E-state index in [1.807, 2.05) is 31.2 Å². The Morgan fingerprint density at radius 2 is 2.00 bits per heavy atom. The van der Waals surface area contributed by atoms with Crippen LogP contribution in [0.15, 0.2) is 47.3 Å². The van der Waals surface area contributed by atoms with Crippen molar-refractivity contribution in [2.24, 2.45) is 0 Å². The SMILES string of the molecule is Cc1ccc(O)c(CN2CCc3nc(-c4ccc(Cl)cc4)[nH]c(=O)c3C2)c1. The summed E-state index contributed by atoms with van der Waals surface area (Å²) in [7, 11) is 0. The molecular weight excluding hydrogens is 362 g/mol. The molecular formula is C21H20ClN3O2. The van der Waals surface area contributed by atoms with Crippen LogP contribution in [-0.4, -0.2) is 26.5 Å². The van der Waals surface area contributed by atoms with Crippen LogP contribution in [0.3, 0.4) is 0 Å². The summed E-state index contributed by atoms with van der Waals surface area (Å²) in [6, 6.07) is 12.9. The second kappa shape index (κ2) is 7.18. The largest absolute Gasteiger partial charge is 0.508 e. The van der Waals surface area contributed by atoms with E-state index in [0.29, 0.717) is 35.9 Å². The first kappa shape index (κ1) is 17.8. The van der Waals surface area contributed by atoms with Gasteiger partial charge in [-0.1, -0.05) is 29.3 Å². The van der Waals surface area contributed by atoms with E-state index in [0.717, 1.165) is 28.9 Å². The highest BCUT2D eigenvalue weighted by atomic mass is 35.5. The summed E-state index contributed by atoms with van der Waals surface area (Å²) in [4.78, 5) is 22.4. The van der Waals surface area contributed by atoms with Gasteiger partial charge in [0, 0.05) is 42.2 Å². The Kier molecular flexibility index (Phi) is 4.72. The van der Waals surface area contributed by atoms with Crippen molar-refractivity contribution in [1.82, 2.24) is 14.9 Å². The molecule has 138 valence electrons. The predicted octanol–water partition coefficient (Wildman–Crippen LogP) is 3.66. The molecule has 0 bridgehead atoms. The summed E-state index contributed by atoms with van der Waals surface area (Å²) in [6.45, 7) is 3.91. The van der Waals surface area contributed by atoms with E-state index in [1.54, 1.807) is 18.2 Å². The van der Waals surface area contributed by atoms with Crippen LogP contribution in [0.4, 0.5) is 0 Å². The highest BCUT2D eigenvalue weighted by molar-refractivity contribution is 6.30. The number of phenols is 1. The normalized spacial score (nSPS) is 14.1. The molecule has 0 aliphatic carbocycles. The molecule has 0 unspecified atom stereocenters. The quantitative estimate of drug-likeness (QED) is 0.726. The predicted molar refractivity (Wildman–Crippen MR) is 106 cm³/mol. The molecule has 0 amide bonds.